The van der Waals surface area contributed by atoms with Crippen molar-refractivity contribution in [3.8, 4) is 11.1 Å². The Morgan fingerprint density at radius 2 is 1.56 bits per heavy atom. The van der Waals surface area contributed by atoms with Crippen LogP contribution in [0.5, 0.6) is 0 Å². The van der Waals surface area contributed by atoms with Gasteiger partial charge in [-0.2, -0.15) is 4.58 Å². The maximum atomic E-state index is 13.1. The summed E-state index contributed by atoms with van der Waals surface area (Å²) in [5, 5.41) is 12.6. The summed E-state index contributed by atoms with van der Waals surface area (Å²) in [6, 6.07) is 25.9. The molecule has 0 bridgehead atoms. The first kappa shape index (κ1) is 41.7. The molecule has 0 saturated carbocycles. The Morgan fingerprint density at radius 1 is 0.787 bits per heavy atom. The zero-order valence-electron chi connectivity index (χ0n) is 38.1. The second-order valence-electron chi connectivity index (χ2n) is 20.3. The van der Waals surface area contributed by atoms with Gasteiger partial charge in [0.1, 0.15) is 6.54 Å². The zero-order chi connectivity index (χ0) is 42.7. The fourth-order valence-electron chi connectivity index (χ4n) is 11.5. The number of hydrogen-bond acceptors (Lipinski definition) is 4. The van der Waals surface area contributed by atoms with E-state index in [-0.39, 0.29) is 28.3 Å². The molecule has 0 atom stereocenters. The van der Waals surface area contributed by atoms with Gasteiger partial charge in [0.05, 0.1) is 11.5 Å². The quantitative estimate of drug-likeness (QED) is 0.114. The molecule has 6 nitrogen and oxygen atoms in total. The van der Waals surface area contributed by atoms with Crippen LogP contribution in [0.3, 0.4) is 0 Å². The molecule has 2 fully saturated rings. The van der Waals surface area contributed by atoms with E-state index in [1.165, 1.54) is 85.5 Å². The number of nitrogens with zero attached hydrogens (tertiary/aromatic N) is 4. The first-order valence-corrected chi connectivity index (χ1v) is 23.7. The lowest BCUT2D eigenvalue weighted by Crippen LogP contribution is -2.39. The van der Waals surface area contributed by atoms with Crippen LogP contribution >= 0.6 is 0 Å². The highest BCUT2D eigenvalue weighted by Gasteiger charge is 2.46. The van der Waals surface area contributed by atoms with Gasteiger partial charge in [0, 0.05) is 91.2 Å². The summed E-state index contributed by atoms with van der Waals surface area (Å²) >= 11 is 0. The Morgan fingerprint density at radius 3 is 2.33 bits per heavy atom. The number of amides is 1. The van der Waals surface area contributed by atoms with Crippen LogP contribution in [0.25, 0.3) is 21.9 Å². The number of anilines is 2. The third-order valence-corrected chi connectivity index (χ3v) is 15.3. The highest BCUT2D eigenvalue weighted by Crippen LogP contribution is 2.57. The second-order valence-corrected chi connectivity index (χ2v) is 20.3. The number of aliphatic hydroxyl groups excluding tert-OH is 1. The molecule has 5 aliphatic rings. The second kappa shape index (κ2) is 16.2. The highest BCUT2D eigenvalue weighted by molar-refractivity contribution is 6.04. The van der Waals surface area contributed by atoms with Crippen molar-refractivity contribution >= 4 is 39.5 Å². The molecule has 0 aromatic heterocycles. The highest BCUT2D eigenvalue weighted by atomic mass is 16.3. The molecule has 4 aromatic carbocycles. The molecule has 320 valence electrons. The van der Waals surface area contributed by atoms with Crippen molar-refractivity contribution in [1.29, 1.82) is 0 Å². The minimum atomic E-state index is -0.263. The number of carbonyl (C=O) groups is 1. The average molecular weight is 818 g/mol. The Balaban J connectivity index is 1.06. The summed E-state index contributed by atoms with van der Waals surface area (Å²) in [4.78, 5) is 20.2. The van der Waals surface area contributed by atoms with Crippen LogP contribution in [0.4, 0.5) is 17.1 Å². The molecule has 61 heavy (non-hydrogen) atoms. The number of benzene rings is 4. The van der Waals surface area contributed by atoms with Crippen molar-refractivity contribution in [3.05, 3.63) is 113 Å². The smallest absolute Gasteiger partial charge is 0.222 e. The van der Waals surface area contributed by atoms with Crippen molar-refractivity contribution < 1.29 is 14.5 Å². The number of carbonyl (C=O) groups excluding carboxylic acids is 1. The van der Waals surface area contributed by atoms with E-state index in [1.54, 1.807) is 0 Å². The van der Waals surface area contributed by atoms with Crippen LogP contribution < -0.4 is 9.80 Å². The van der Waals surface area contributed by atoms with Gasteiger partial charge in [-0.15, -0.1) is 0 Å². The van der Waals surface area contributed by atoms with Gasteiger partial charge in [-0.05, 0) is 121 Å². The SMILES string of the molecule is CCCC[N+]1=C(/C=C/C=C2/N(CCCCCC(=O)N3CCC(O)CC3)c3cc4c(cc3C2(C)C)-c2c(ccc3ccccc23)C4(C)C)C(C)(C)c2cc(N3CCCC3)ccc21. The molecule has 2 saturated heterocycles. The third kappa shape index (κ3) is 7.25. The van der Waals surface area contributed by atoms with Crippen molar-refractivity contribution in [2.24, 2.45) is 0 Å². The minimum Gasteiger partial charge on any atom is -0.393 e. The van der Waals surface area contributed by atoms with Gasteiger partial charge in [-0.25, -0.2) is 0 Å². The number of allylic oxidation sites excluding steroid dienone is 4. The Kier molecular flexibility index (Phi) is 11.1. The molecule has 0 spiro atoms. The van der Waals surface area contributed by atoms with Gasteiger partial charge < -0.3 is 19.8 Å². The van der Waals surface area contributed by atoms with Crippen LogP contribution in [0, 0.1) is 0 Å². The monoisotopic (exact) mass is 818 g/mol. The largest absolute Gasteiger partial charge is 0.393 e. The topological polar surface area (TPSA) is 50.0 Å². The molecule has 0 unspecified atom stereocenters. The van der Waals surface area contributed by atoms with Crippen molar-refractivity contribution in [2.75, 3.05) is 49.1 Å². The van der Waals surface area contributed by atoms with Crippen LogP contribution in [-0.4, -0.2) is 71.6 Å². The van der Waals surface area contributed by atoms with E-state index in [4.69, 9.17) is 0 Å². The van der Waals surface area contributed by atoms with Gasteiger partial charge in [0.25, 0.3) is 0 Å². The lowest BCUT2D eigenvalue weighted by atomic mass is 9.79. The summed E-state index contributed by atoms with van der Waals surface area (Å²) in [7, 11) is 0. The summed E-state index contributed by atoms with van der Waals surface area (Å²) in [5.74, 6) is 0.241. The van der Waals surface area contributed by atoms with Crippen molar-refractivity contribution in [2.45, 2.75) is 135 Å². The lowest BCUT2D eigenvalue weighted by molar-refractivity contribution is -0.438. The third-order valence-electron chi connectivity index (χ3n) is 15.3. The molecule has 1 N–H and O–H groups in total. The minimum absolute atomic E-state index is 0.115. The predicted octanol–water partition coefficient (Wildman–Crippen LogP) is 11.7. The number of likely N-dealkylation sites (tertiary alicyclic amines) is 1. The molecule has 4 heterocycles. The van der Waals surface area contributed by atoms with Gasteiger partial charge in [0.15, 0.2) is 5.71 Å². The van der Waals surface area contributed by atoms with E-state index in [1.807, 2.05) is 4.90 Å². The van der Waals surface area contributed by atoms with Crippen LogP contribution in [0.15, 0.2) is 90.7 Å². The number of rotatable bonds is 12. The standard InChI is InChI=1S/C55H69N4O2/c1-8-9-31-58-47-26-24-39(56-29-15-16-30-56)35-45(47)54(4,5)49(58)20-17-21-50-55(6,7)46-36-42-44(53(2,3)43-25-23-38-18-12-13-19-41(38)52(42)43)37-48(46)59(50)32-14-10-11-22-51(61)57-33-27-40(60)28-34-57/h12-13,17-21,23-26,35-37,40,60H,8-11,14-16,22,27-34H2,1-7H3/q+1. The van der Waals surface area contributed by atoms with Gasteiger partial charge in [-0.3, -0.25) is 4.79 Å². The van der Waals surface area contributed by atoms with E-state index in [0.29, 0.717) is 32.4 Å². The fourth-order valence-corrected chi connectivity index (χ4v) is 11.5. The van der Waals surface area contributed by atoms with E-state index >= 15 is 0 Å². The summed E-state index contributed by atoms with van der Waals surface area (Å²) in [6.45, 7) is 22.4. The van der Waals surface area contributed by atoms with Gasteiger partial charge in [-0.1, -0.05) is 89.9 Å². The fraction of sp³-hybridized carbons (Fsp3) is 0.491. The van der Waals surface area contributed by atoms with Crippen LogP contribution in [0.1, 0.15) is 135 Å². The molecular formula is C55H69N4O2+. The molecule has 4 aromatic rings. The van der Waals surface area contributed by atoms with Crippen LogP contribution in [0.2, 0.25) is 0 Å². The van der Waals surface area contributed by atoms with Gasteiger partial charge in [0.2, 0.25) is 11.6 Å². The maximum Gasteiger partial charge on any atom is 0.222 e. The first-order valence-electron chi connectivity index (χ1n) is 23.7. The number of fused-ring (bicyclic) bond motifs is 7. The number of piperidine rings is 1. The van der Waals surface area contributed by atoms with Gasteiger partial charge >= 0.3 is 0 Å². The molecule has 4 aliphatic heterocycles. The summed E-state index contributed by atoms with van der Waals surface area (Å²) in [5.41, 5.74) is 14.8. The molecule has 9 rings (SSSR count). The molecule has 0 radical (unpaired) electrons. The van der Waals surface area contributed by atoms with Crippen molar-refractivity contribution in [1.82, 2.24) is 4.90 Å². The maximum absolute atomic E-state index is 13.1. The molecule has 6 heteroatoms. The first-order chi connectivity index (χ1) is 29.3. The van der Waals surface area contributed by atoms with Crippen LogP contribution in [-0.2, 0) is 21.0 Å². The Labute approximate surface area is 365 Å². The van der Waals surface area contributed by atoms with E-state index < -0.39 is 0 Å². The Bertz CT molecular complexity index is 2440. The number of aliphatic hydroxyl groups is 1. The lowest BCUT2D eigenvalue weighted by Gasteiger charge is -2.29. The molecule has 1 amide bonds. The summed E-state index contributed by atoms with van der Waals surface area (Å²) in [6.07, 6.45) is 16.7. The molecular weight excluding hydrogens is 749 g/mol. The summed E-state index contributed by atoms with van der Waals surface area (Å²) < 4.78 is 2.61. The number of unbranched alkanes of at least 4 members (excludes halogenated alkanes) is 3. The van der Waals surface area contributed by atoms with E-state index in [9.17, 15) is 9.90 Å². The number of hydrogen-bond donors (Lipinski definition) is 1. The van der Waals surface area contributed by atoms with E-state index in [2.05, 4.69) is 148 Å². The van der Waals surface area contributed by atoms with E-state index in [0.717, 1.165) is 58.3 Å². The Hall–Kier alpha value is -4.68. The van der Waals surface area contributed by atoms with Crippen molar-refractivity contribution in [3.63, 3.8) is 0 Å². The zero-order valence-corrected chi connectivity index (χ0v) is 38.1. The normalized spacial score (nSPS) is 20.7. The average Bonchev–Trinajstić information content (AvgIpc) is 3.97. The predicted molar refractivity (Wildman–Crippen MR) is 255 cm³/mol. The molecule has 1 aliphatic carbocycles.